The standard InChI is InChI=1S/C28H26N4O2/c33-28(20-34-26-14-5-4-13-24(26)21-9-2-1-3-10-21)29-23-12-8-11-22(19-23)25-15-16-27(31-30-25)32-17-6-7-18-32/h1-5,8-16,19H,6-7,17-18,20H2,(H,29,33). The Morgan fingerprint density at radius 3 is 2.38 bits per heavy atom. The highest BCUT2D eigenvalue weighted by Crippen LogP contribution is 2.29. The van der Waals surface area contributed by atoms with Gasteiger partial charge in [0.2, 0.25) is 0 Å². The zero-order chi connectivity index (χ0) is 23.2. The summed E-state index contributed by atoms with van der Waals surface area (Å²) in [7, 11) is 0. The molecule has 0 bridgehead atoms. The van der Waals surface area contributed by atoms with Crippen molar-refractivity contribution < 1.29 is 9.53 Å². The Kier molecular flexibility index (Phi) is 6.47. The number of aromatic nitrogens is 2. The van der Waals surface area contributed by atoms with E-state index in [1.807, 2.05) is 91.0 Å². The summed E-state index contributed by atoms with van der Waals surface area (Å²) in [5.74, 6) is 1.36. The van der Waals surface area contributed by atoms with Crippen molar-refractivity contribution in [2.45, 2.75) is 12.8 Å². The minimum Gasteiger partial charge on any atom is -0.483 e. The largest absolute Gasteiger partial charge is 0.483 e. The van der Waals surface area contributed by atoms with E-state index in [1.165, 1.54) is 12.8 Å². The number of carbonyl (C=O) groups excluding carboxylic acids is 1. The highest BCUT2D eigenvalue weighted by Gasteiger charge is 2.14. The first-order valence-corrected chi connectivity index (χ1v) is 11.5. The molecule has 1 aromatic heterocycles. The minimum atomic E-state index is -0.226. The first-order valence-electron chi connectivity index (χ1n) is 11.5. The van der Waals surface area contributed by atoms with Crippen molar-refractivity contribution in [2.75, 3.05) is 29.9 Å². The summed E-state index contributed by atoms with van der Waals surface area (Å²) in [5, 5.41) is 11.7. The average Bonchev–Trinajstić information content (AvgIpc) is 3.44. The van der Waals surface area contributed by atoms with Gasteiger partial charge in [-0.15, -0.1) is 10.2 Å². The lowest BCUT2D eigenvalue weighted by molar-refractivity contribution is -0.118. The van der Waals surface area contributed by atoms with E-state index in [0.29, 0.717) is 11.4 Å². The molecule has 0 aliphatic carbocycles. The van der Waals surface area contributed by atoms with Crippen LogP contribution >= 0.6 is 0 Å². The molecule has 0 unspecified atom stereocenters. The van der Waals surface area contributed by atoms with E-state index in [-0.39, 0.29) is 12.5 Å². The molecule has 1 N–H and O–H groups in total. The number of nitrogens with zero attached hydrogens (tertiary/aromatic N) is 3. The zero-order valence-electron chi connectivity index (χ0n) is 18.9. The van der Waals surface area contributed by atoms with Gasteiger partial charge in [0.05, 0.1) is 5.69 Å². The molecule has 170 valence electrons. The third-order valence-corrected chi connectivity index (χ3v) is 5.85. The molecule has 0 saturated carbocycles. The first-order chi connectivity index (χ1) is 16.8. The Balaban J connectivity index is 1.23. The monoisotopic (exact) mass is 450 g/mol. The normalized spacial score (nSPS) is 13.0. The summed E-state index contributed by atoms with van der Waals surface area (Å²) in [5.41, 5.74) is 4.35. The molecule has 0 radical (unpaired) electrons. The summed E-state index contributed by atoms with van der Waals surface area (Å²) in [6, 6.07) is 29.3. The van der Waals surface area contributed by atoms with Crippen molar-refractivity contribution in [1.82, 2.24) is 10.2 Å². The van der Waals surface area contributed by atoms with Gasteiger partial charge in [0.15, 0.2) is 12.4 Å². The van der Waals surface area contributed by atoms with Gasteiger partial charge in [0, 0.05) is 29.9 Å². The van der Waals surface area contributed by atoms with Crippen LogP contribution in [0.3, 0.4) is 0 Å². The molecule has 34 heavy (non-hydrogen) atoms. The van der Waals surface area contributed by atoms with E-state index in [9.17, 15) is 4.79 Å². The van der Waals surface area contributed by atoms with Crippen LogP contribution in [0.25, 0.3) is 22.4 Å². The van der Waals surface area contributed by atoms with Crippen LogP contribution in [0.4, 0.5) is 11.5 Å². The predicted octanol–water partition coefficient (Wildman–Crippen LogP) is 5.43. The van der Waals surface area contributed by atoms with Gasteiger partial charge in [-0.25, -0.2) is 0 Å². The van der Waals surface area contributed by atoms with Crippen LogP contribution in [-0.2, 0) is 4.79 Å². The van der Waals surface area contributed by atoms with Crippen LogP contribution in [0, 0.1) is 0 Å². The highest BCUT2D eigenvalue weighted by molar-refractivity contribution is 5.92. The van der Waals surface area contributed by atoms with Crippen molar-refractivity contribution >= 4 is 17.4 Å². The Bertz CT molecular complexity index is 1250. The van der Waals surface area contributed by atoms with E-state index in [4.69, 9.17) is 4.74 Å². The van der Waals surface area contributed by atoms with E-state index in [2.05, 4.69) is 20.4 Å². The van der Waals surface area contributed by atoms with Crippen LogP contribution in [0.5, 0.6) is 5.75 Å². The maximum Gasteiger partial charge on any atom is 0.262 e. The summed E-state index contributed by atoms with van der Waals surface area (Å²) < 4.78 is 5.86. The van der Waals surface area contributed by atoms with Crippen molar-refractivity contribution in [3.05, 3.63) is 91.0 Å². The molecule has 5 rings (SSSR count). The quantitative estimate of drug-likeness (QED) is 0.407. The molecule has 0 spiro atoms. The van der Waals surface area contributed by atoms with Crippen molar-refractivity contribution in [3.8, 4) is 28.1 Å². The number of hydrogen-bond acceptors (Lipinski definition) is 5. The number of hydrogen-bond donors (Lipinski definition) is 1. The summed E-state index contributed by atoms with van der Waals surface area (Å²) in [6.07, 6.45) is 2.40. The van der Waals surface area contributed by atoms with Crippen molar-refractivity contribution in [1.29, 1.82) is 0 Å². The summed E-state index contributed by atoms with van der Waals surface area (Å²) in [6.45, 7) is 1.99. The number of amides is 1. The molecule has 1 amide bonds. The van der Waals surface area contributed by atoms with Gasteiger partial charge < -0.3 is 15.0 Å². The molecule has 3 aromatic carbocycles. The van der Waals surface area contributed by atoms with Crippen LogP contribution in [0.1, 0.15) is 12.8 Å². The Morgan fingerprint density at radius 2 is 1.59 bits per heavy atom. The lowest BCUT2D eigenvalue weighted by atomic mass is 10.1. The first kappa shape index (κ1) is 21.6. The van der Waals surface area contributed by atoms with Gasteiger partial charge in [-0.3, -0.25) is 4.79 Å². The predicted molar refractivity (Wildman–Crippen MR) is 135 cm³/mol. The molecule has 1 aliphatic rings. The van der Waals surface area contributed by atoms with Gasteiger partial charge >= 0.3 is 0 Å². The highest BCUT2D eigenvalue weighted by atomic mass is 16.5. The maximum atomic E-state index is 12.6. The number of rotatable bonds is 7. The molecular weight excluding hydrogens is 424 g/mol. The van der Waals surface area contributed by atoms with Crippen molar-refractivity contribution in [3.63, 3.8) is 0 Å². The summed E-state index contributed by atoms with van der Waals surface area (Å²) >= 11 is 0. The summed E-state index contributed by atoms with van der Waals surface area (Å²) in [4.78, 5) is 14.9. The third kappa shape index (κ3) is 5.07. The smallest absolute Gasteiger partial charge is 0.262 e. The molecule has 1 saturated heterocycles. The second-order valence-corrected chi connectivity index (χ2v) is 8.25. The van der Waals surface area contributed by atoms with Crippen LogP contribution in [0.15, 0.2) is 91.0 Å². The number of benzene rings is 3. The fourth-order valence-electron chi connectivity index (χ4n) is 4.14. The number of carbonyl (C=O) groups is 1. The molecule has 4 aromatic rings. The molecule has 0 atom stereocenters. The van der Waals surface area contributed by atoms with Gasteiger partial charge in [-0.2, -0.15) is 0 Å². The fourth-order valence-corrected chi connectivity index (χ4v) is 4.14. The van der Waals surface area contributed by atoms with Crippen LogP contribution < -0.4 is 15.0 Å². The molecule has 2 heterocycles. The topological polar surface area (TPSA) is 67.3 Å². The average molecular weight is 451 g/mol. The Hall–Kier alpha value is -4.19. The SMILES string of the molecule is O=C(COc1ccccc1-c1ccccc1)Nc1cccc(-c2ccc(N3CCCC3)nn2)c1. The van der Waals surface area contributed by atoms with E-state index in [1.54, 1.807) is 0 Å². The van der Waals surface area contributed by atoms with Gasteiger partial charge in [0.1, 0.15) is 5.75 Å². The third-order valence-electron chi connectivity index (χ3n) is 5.85. The fraction of sp³-hybridized carbons (Fsp3) is 0.179. The van der Waals surface area contributed by atoms with Crippen LogP contribution in [-0.4, -0.2) is 35.8 Å². The Morgan fingerprint density at radius 1 is 0.824 bits per heavy atom. The zero-order valence-corrected chi connectivity index (χ0v) is 18.9. The molecule has 1 fully saturated rings. The number of ether oxygens (including phenoxy) is 1. The lowest BCUT2D eigenvalue weighted by Gasteiger charge is -2.15. The second kappa shape index (κ2) is 10.2. The van der Waals surface area contributed by atoms with Gasteiger partial charge in [0.25, 0.3) is 5.91 Å². The number of nitrogens with one attached hydrogen (secondary N) is 1. The number of para-hydroxylation sites is 1. The number of anilines is 2. The van der Waals surface area contributed by atoms with Gasteiger partial charge in [-0.05, 0) is 48.7 Å². The van der Waals surface area contributed by atoms with E-state index in [0.717, 1.165) is 41.3 Å². The lowest BCUT2D eigenvalue weighted by Crippen LogP contribution is -2.20. The molecular formula is C28H26N4O2. The molecule has 6 nitrogen and oxygen atoms in total. The molecule has 6 heteroatoms. The van der Waals surface area contributed by atoms with Crippen molar-refractivity contribution in [2.24, 2.45) is 0 Å². The van der Waals surface area contributed by atoms with E-state index >= 15 is 0 Å². The van der Waals surface area contributed by atoms with Gasteiger partial charge in [-0.1, -0.05) is 60.7 Å². The minimum absolute atomic E-state index is 0.0849. The van der Waals surface area contributed by atoms with E-state index < -0.39 is 0 Å². The molecule has 1 aliphatic heterocycles. The Labute approximate surface area is 199 Å². The van der Waals surface area contributed by atoms with Crippen LogP contribution in [0.2, 0.25) is 0 Å². The second-order valence-electron chi connectivity index (χ2n) is 8.25. The maximum absolute atomic E-state index is 12.6.